The van der Waals surface area contributed by atoms with Gasteiger partial charge in [0, 0.05) is 18.6 Å². The summed E-state index contributed by atoms with van der Waals surface area (Å²) in [6.45, 7) is 4.34. The molecule has 0 radical (unpaired) electrons. The molecule has 2 rings (SSSR count). The smallest absolute Gasteiger partial charge is 0.129 e. The highest BCUT2D eigenvalue weighted by atomic mass is 16.5. The number of allylic oxidation sites excluding steroid dienone is 1. The Morgan fingerprint density at radius 2 is 2.32 bits per heavy atom. The molecule has 0 fully saturated rings. The summed E-state index contributed by atoms with van der Waals surface area (Å²) in [5.74, 6) is 12.4. The van der Waals surface area contributed by atoms with E-state index in [0.29, 0.717) is 32.8 Å². The summed E-state index contributed by atoms with van der Waals surface area (Å²) in [6, 6.07) is 0. The van der Waals surface area contributed by atoms with Gasteiger partial charge in [0.05, 0.1) is 19.3 Å². The highest BCUT2D eigenvalue weighted by Gasteiger charge is 2.18. The monoisotopic (exact) mass is 260 g/mol. The first-order valence-electron chi connectivity index (χ1n) is 6.88. The summed E-state index contributed by atoms with van der Waals surface area (Å²) in [6.07, 6.45) is 4.83. The van der Waals surface area contributed by atoms with E-state index in [1.807, 2.05) is 6.92 Å². The van der Waals surface area contributed by atoms with Gasteiger partial charge in [-0.2, -0.15) is 0 Å². The third kappa shape index (κ3) is 4.73. The molecule has 0 N–H and O–H groups in total. The van der Waals surface area contributed by atoms with Crippen molar-refractivity contribution in [2.45, 2.75) is 38.4 Å². The van der Waals surface area contributed by atoms with Crippen molar-refractivity contribution >= 4 is 0 Å². The second-order valence-corrected chi connectivity index (χ2v) is 4.42. The molecular weight excluding hydrogens is 240 g/mol. The van der Waals surface area contributed by atoms with Crippen molar-refractivity contribution in [2.75, 3.05) is 26.4 Å². The maximum Gasteiger partial charge on any atom is 0.129 e. The fraction of sp³-hybridized carbons (Fsp3) is 0.625. The van der Waals surface area contributed by atoms with Crippen LogP contribution in [0, 0.1) is 23.7 Å². The minimum Gasteiger partial charge on any atom is -0.379 e. The molecule has 0 bridgehead atoms. The lowest BCUT2D eigenvalue weighted by molar-refractivity contribution is 0.0321. The lowest BCUT2D eigenvalue weighted by Crippen LogP contribution is -2.16. The maximum absolute atomic E-state index is 5.70. The zero-order valence-corrected chi connectivity index (χ0v) is 11.4. The van der Waals surface area contributed by atoms with Crippen molar-refractivity contribution in [2.24, 2.45) is 0 Å². The lowest BCUT2D eigenvalue weighted by Gasteiger charge is -2.13. The molecule has 0 saturated carbocycles. The Hall–Kier alpha value is -1.26. The minimum absolute atomic E-state index is 0.129. The fourth-order valence-electron chi connectivity index (χ4n) is 2.05. The summed E-state index contributed by atoms with van der Waals surface area (Å²) in [5, 5.41) is 0. The van der Waals surface area contributed by atoms with E-state index in [1.165, 1.54) is 0 Å². The molecule has 0 aromatic heterocycles. The van der Waals surface area contributed by atoms with Crippen LogP contribution in [-0.2, 0) is 14.2 Å². The summed E-state index contributed by atoms with van der Waals surface area (Å²) in [5.41, 5.74) is 1.09. The van der Waals surface area contributed by atoms with Crippen molar-refractivity contribution in [3.63, 3.8) is 0 Å². The summed E-state index contributed by atoms with van der Waals surface area (Å²) in [7, 11) is 0. The minimum atomic E-state index is -0.131. The van der Waals surface area contributed by atoms with E-state index >= 15 is 0 Å². The van der Waals surface area contributed by atoms with Gasteiger partial charge in [-0.05, 0) is 19.8 Å². The summed E-state index contributed by atoms with van der Waals surface area (Å²) in [4.78, 5) is 0. The molecule has 2 atom stereocenters. The van der Waals surface area contributed by atoms with E-state index in [4.69, 9.17) is 14.2 Å². The van der Waals surface area contributed by atoms with E-state index < -0.39 is 0 Å². The number of hydrogen-bond donors (Lipinski definition) is 0. The highest BCUT2D eigenvalue weighted by Crippen LogP contribution is 2.21. The van der Waals surface area contributed by atoms with Crippen molar-refractivity contribution < 1.29 is 14.2 Å². The van der Waals surface area contributed by atoms with Crippen LogP contribution in [0.25, 0.3) is 0 Å². The lowest BCUT2D eigenvalue weighted by atomic mass is 10.1. The molecule has 1 heterocycles. The number of rotatable bonds is 5. The van der Waals surface area contributed by atoms with Crippen molar-refractivity contribution in [3.05, 3.63) is 11.6 Å². The van der Waals surface area contributed by atoms with Crippen molar-refractivity contribution in [1.82, 2.24) is 0 Å². The van der Waals surface area contributed by atoms with Gasteiger partial charge >= 0.3 is 0 Å². The molecule has 1 aliphatic heterocycles. The molecule has 102 valence electrons. The van der Waals surface area contributed by atoms with E-state index in [2.05, 4.69) is 29.8 Å². The Labute approximate surface area is 115 Å². The predicted molar refractivity (Wildman–Crippen MR) is 73.5 cm³/mol. The van der Waals surface area contributed by atoms with Crippen LogP contribution in [0.1, 0.15) is 26.2 Å². The van der Waals surface area contributed by atoms with Gasteiger partial charge in [0.2, 0.25) is 0 Å². The molecule has 19 heavy (non-hydrogen) atoms. The SMILES string of the molecule is CCOCCOC1C#CC2=CCCC2OCC#CC1. The van der Waals surface area contributed by atoms with E-state index in [1.54, 1.807) is 0 Å². The van der Waals surface area contributed by atoms with Gasteiger partial charge in [0.1, 0.15) is 12.7 Å². The third-order valence-electron chi connectivity index (χ3n) is 3.04. The molecular formula is C16H20O3. The first kappa shape index (κ1) is 14.2. The van der Waals surface area contributed by atoms with Gasteiger partial charge in [-0.15, -0.1) is 0 Å². The first-order chi connectivity index (χ1) is 9.40. The molecule has 0 aromatic carbocycles. The largest absolute Gasteiger partial charge is 0.379 e. The third-order valence-corrected chi connectivity index (χ3v) is 3.04. The maximum atomic E-state index is 5.70. The molecule has 0 spiro atoms. The molecule has 2 unspecified atom stereocenters. The van der Waals surface area contributed by atoms with Gasteiger partial charge in [0.15, 0.2) is 0 Å². The van der Waals surface area contributed by atoms with Gasteiger partial charge in [-0.1, -0.05) is 29.8 Å². The average molecular weight is 260 g/mol. The molecule has 0 aromatic rings. The van der Waals surface area contributed by atoms with E-state index in [0.717, 1.165) is 18.4 Å². The number of ether oxygens (including phenoxy) is 3. The second-order valence-electron chi connectivity index (χ2n) is 4.42. The number of fused-ring (bicyclic) bond motifs is 1. The van der Waals surface area contributed by atoms with Crippen LogP contribution in [0.3, 0.4) is 0 Å². The van der Waals surface area contributed by atoms with Crippen LogP contribution in [-0.4, -0.2) is 38.6 Å². The van der Waals surface area contributed by atoms with Crippen LogP contribution in [0.2, 0.25) is 0 Å². The Morgan fingerprint density at radius 1 is 1.37 bits per heavy atom. The Morgan fingerprint density at radius 3 is 3.21 bits per heavy atom. The van der Waals surface area contributed by atoms with Gasteiger partial charge < -0.3 is 14.2 Å². The van der Waals surface area contributed by atoms with Crippen LogP contribution in [0.5, 0.6) is 0 Å². The summed E-state index contributed by atoms with van der Waals surface area (Å²) < 4.78 is 16.6. The molecule has 0 saturated heterocycles. The van der Waals surface area contributed by atoms with E-state index in [-0.39, 0.29) is 12.2 Å². The Balaban J connectivity index is 1.92. The highest BCUT2D eigenvalue weighted by molar-refractivity contribution is 5.36. The average Bonchev–Trinajstić information content (AvgIpc) is 2.87. The van der Waals surface area contributed by atoms with Crippen LogP contribution in [0.15, 0.2) is 11.6 Å². The molecule has 3 nitrogen and oxygen atoms in total. The van der Waals surface area contributed by atoms with Gasteiger partial charge in [-0.25, -0.2) is 0 Å². The molecule has 1 aliphatic carbocycles. The number of hydrogen-bond acceptors (Lipinski definition) is 3. The Bertz CT molecular complexity index is 430. The van der Waals surface area contributed by atoms with Gasteiger partial charge in [-0.3, -0.25) is 0 Å². The summed E-state index contributed by atoms with van der Waals surface area (Å²) >= 11 is 0. The van der Waals surface area contributed by atoms with Crippen molar-refractivity contribution in [1.29, 1.82) is 0 Å². The predicted octanol–water partition coefficient (Wildman–Crippen LogP) is 1.92. The van der Waals surface area contributed by atoms with Crippen LogP contribution in [0.4, 0.5) is 0 Å². The van der Waals surface area contributed by atoms with Crippen LogP contribution >= 0.6 is 0 Å². The second kappa shape index (κ2) is 8.02. The quantitative estimate of drug-likeness (QED) is 0.558. The van der Waals surface area contributed by atoms with Crippen molar-refractivity contribution in [3.8, 4) is 23.7 Å². The zero-order chi connectivity index (χ0) is 13.3. The van der Waals surface area contributed by atoms with E-state index in [9.17, 15) is 0 Å². The Kier molecular flexibility index (Phi) is 5.98. The standard InChI is InChI=1S/C16H20O3/c1-2-17-12-13-18-15-7-3-4-11-19-16-8-5-6-14(16)9-10-15/h6,15-16H,2,5,7-8,11-13H2,1H3. The van der Waals surface area contributed by atoms with Crippen LogP contribution < -0.4 is 0 Å². The molecule has 0 amide bonds. The topological polar surface area (TPSA) is 27.7 Å². The zero-order valence-electron chi connectivity index (χ0n) is 11.4. The molecule has 3 heteroatoms. The fourth-order valence-corrected chi connectivity index (χ4v) is 2.05. The van der Waals surface area contributed by atoms with Gasteiger partial charge in [0.25, 0.3) is 0 Å². The first-order valence-corrected chi connectivity index (χ1v) is 6.88. The molecule has 2 aliphatic rings. The normalized spacial score (nSPS) is 25.4.